The van der Waals surface area contributed by atoms with E-state index in [-0.39, 0.29) is 0 Å². The van der Waals surface area contributed by atoms with Crippen molar-refractivity contribution in [1.82, 2.24) is 15.3 Å². The van der Waals surface area contributed by atoms with Crippen molar-refractivity contribution < 1.29 is 4.74 Å². The van der Waals surface area contributed by atoms with Gasteiger partial charge in [-0.15, -0.1) is 0 Å². The van der Waals surface area contributed by atoms with Gasteiger partial charge in [0.1, 0.15) is 0 Å². The molecule has 0 amide bonds. The monoisotopic (exact) mass is 229 g/mol. The molecule has 1 aromatic heterocycles. The van der Waals surface area contributed by atoms with E-state index >= 15 is 0 Å². The van der Waals surface area contributed by atoms with E-state index in [0.29, 0.717) is 5.88 Å². The molecule has 0 saturated heterocycles. The first kappa shape index (κ1) is 10.5. The lowest BCUT2D eigenvalue weighted by atomic mass is 10.0. The first-order valence-electron chi connectivity index (χ1n) is 5.90. The third-order valence-electron chi connectivity index (χ3n) is 3.19. The van der Waals surface area contributed by atoms with Crippen LogP contribution in [0.4, 0.5) is 0 Å². The van der Waals surface area contributed by atoms with E-state index in [4.69, 9.17) is 4.74 Å². The molecule has 0 saturated carbocycles. The Morgan fingerprint density at radius 1 is 1.12 bits per heavy atom. The molecule has 88 valence electrons. The molecule has 0 aliphatic carbocycles. The molecule has 0 fully saturated rings. The summed E-state index contributed by atoms with van der Waals surface area (Å²) in [5, 5.41) is 3.41. The van der Waals surface area contributed by atoms with Crippen molar-refractivity contribution in [2.24, 2.45) is 0 Å². The largest absolute Gasteiger partial charge is 0.480 e. The second kappa shape index (κ2) is 4.30. The lowest BCUT2D eigenvalue weighted by Crippen LogP contribution is -2.16. The van der Waals surface area contributed by atoms with Gasteiger partial charge in [0.15, 0.2) is 0 Å². The van der Waals surface area contributed by atoms with Crippen LogP contribution in [0, 0.1) is 0 Å². The molecule has 0 radical (unpaired) electrons. The van der Waals surface area contributed by atoms with Crippen molar-refractivity contribution in [3.63, 3.8) is 0 Å². The van der Waals surface area contributed by atoms with Crippen LogP contribution in [0.15, 0.2) is 18.3 Å². The van der Waals surface area contributed by atoms with Gasteiger partial charge in [-0.1, -0.05) is 0 Å². The summed E-state index contributed by atoms with van der Waals surface area (Å²) in [5.41, 5.74) is 4.64. The summed E-state index contributed by atoms with van der Waals surface area (Å²) in [6.07, 6.45) is 3.80. The first-order valence-corrected chi connectivity index (χ1v) is 5.90. The molecule has 0 unspecified atom stereocenters. The van der Waals surface area contributed by atoms with Gasteiger partial charge in [0.05, 0.1) is 24.3 Å². The number of hydrogen-bond donors (Lipinski definition) is 1. The molecule has 1 aromatic carbocycles. The summed E-state index contributed by atoms with van der Waals surface area (Å²) in [6, 6.07) is 4.30. The van der Waals surface area contributed by atoms with Gasteiger partial charge in [0, 0.05) is 0 Å². The molecule has 4 heteroatoms. The number of nitrogens with zero attached hydrogens (tertiary/aromatic N) is 2. The summed E-state index contributed by atoms with van der Waals surface area (Å²) in [6.45, 7) is 2.08. The topological polar surface area (TPSA) is 47.0 Å². The SMILES string of the molecule is COc1cnc2cc3c(cc2n1)CCNCC3. The van der Waals surface area contributed by atoms with Gasteiger partial charge in [-0.25, -0.2) is 9.97 Å². The van der Waals surface area contributed by atoms with Crippen molar-refractivity contribution in [3.05, 3.63) is 29.5 Å². The van der Waals surface area contributed by atoms with Crippen molar-refractivity contribution in [1.29, 1.82) is 0 Å². The van der Waals surface area contributed by atoms with Crippen LogP contribution in [0.2, 0.25) is 0 Å². The van der Waals surface area contributed by atoms with Crippen LogP contribution in [-0.2, 0) is 12.8 Å². The van der Waals surface area contributed by atoms with E-state index in [9.17, 15) is 0 Å². The van der Waals surface area contributed by atoms with Gasteiger partial charge in [0.2, 0.25) is 5.88 Å². The number of fused-ring (bicyclic) bond motifs is 2. The number of aromatic nitrogens is 2. The fourth-order valence-corrected chi connectivity index (χ4v) is 2.26. The zero-order valence-electron chi connectivity index (χ0n) is 9.86. The second-order valence-corrected chi connectivity index (χ2v) is 4.27. The van der Waals surface area contributed by atoms with E-state index in [1.807, 2.05) is 0 Å². The van der Waals surface area contributed by atoms with Crippen LogP contribution >= 0.6 is 0 Å². The van der Waals surface area contributed by atoms with Crippen LogP contribution in [0.25, 0.3) is 11.0 Å². The predicted molar refractivity (Wildman–Crippen MR) is 66.4 cm³/mol. The number of ether oxygens (including phenoxy) is 1. The Bertz CT molecular complexity index is 554. The van der Waals surface area contributed by atoms with Gasteiger partial charge < -0.3 is 10.1 Å². The number of methoxy groups -OCH3 is 1. The number of nitrogens with one attached hydrogen (secondary N) is 1. The Labute approximate surface area is 100 Å². The average Bonchev–Trinajstić information content (AvgIpc) is 2.60. The van der Waals surface area contributed by atoms with Gasteiger partial charge in [-0.05, 0) is 49.2 Å². The Balaban J connectivity index is 2.15. The molecular weight excluding hydrogens is 214 g/mol. The lowest BCUT2D eigenvalue weighted by molar-refractivity contribution is 0.397. The predicted octanol–water partition coefficient (Wildman–Crippen LogP) is 1.33. The quantitative estimate of drug-likeness (QED) is 0.801. The van der Waals surface area contributed by atoms with Gasteiger partial charge in [-0.2, -0.15) is 0 Å². The molecule has 1 aliphatic rings. The summed E-state index contributed by atoms with van der Waals surface area (Å²) in [7, 11) is 1.61. The minimum atomic E-state index is 0.573. The molecule has 3 rings (SSSR count). The summed E-state index contributed by atoms with van der Waals surface area (Å²) < 4.78 is 5.11. The maximum atomic E-state index is 5.11. The number of hydrogen-bond acceptors (Lipinski definition) is 4. The maximum Gasteiger partial charge on any atom is 0.232 e. The van der Waals surface area contributed by atoms with E-state index in [1.54, 1.807) is 13.3 Å². The van der Waals surface area contributed by atoms with E-state index < -0.39 is 0 Å². The molecule has 2 heterocycles. The van der Waals surface area contributed by atoms with Crippen LogP contribution in [-0.4, -0.2) is 30.2 Å². The van der Waals surface area contributed by atoms with E-state index in [1.165, 1.54) is 11.1 Å². The normalized spacial score (nSPS) is 15.4. The molecule has 17 heavy (non-hydrogen) atoms. The highest BCUT2D eigenvalue weighted by molar-refractivity contribution is 5.76. The summed E-state index contributed by atoms with van der Waals surface area (Å²) >= 11 is 0. The zero-order valence-corrected chi connectivity index (χ0v) is 9.86. The fourth-order valence-electron chi connectivity index (χ4n) is 2.26. The summed E-state index contributed by atoms with van der Waals surface area (Å²) in [5.74, 6) is 0.573. The maximum absolute atomic E-state index is 5.11. The standard InChI is InChI=1S/C13H15N3O/c1-17-13-8-15-11-6-9-2-4-14-5-3-10(9)7-12(11)16-13/h6-8,14H,2-5H2,1H3. The average molecular weight is 229 g/mol. The Morgan fingerprint density at radius 3 is 2.53 bits per heavy atom. The van der Waals surface area contributed by atoms with Crippen LogP contribution in [0.3, 0.4) is 0 Å². The van der Waals surface area contributed by atoms with Crippen molar-refractivity contribution >= 4 is 11.0 Å². The molecule has 1 N–H and O–H groups in total. The van der Waals surface area contributed by atoms with Crippen LogP contribution in [0.1, 0.15) is 11.1 Å². The molecule has 0 bridgehead atoms. The Morgan fingerprint density at radius 2 is 1.82 bits per heavy atom. The third kappa shape index (κ3) is 1.96. The fraction of sp³-hybridized carbons (Fsp3) is 0.385. The van der Waals surface area contributed by atoms with Crippen LogP contribution < -0.4 is 10.1 Å². The van der Waals surface area contributed by atoms with Crippen molar-refractivity contribution in [2.45, 2.75) is 12.8 Å². The van der Waals surface area contributed by atoms with Gasteiger partial charge in [0.25, 0.3) is 0 Å². The highest BCUT2D eigenvalue weighted by atomic mass is 16.5. The summed E-state index contributed by atoms with van der Waals surface area (Å²) in [4.78, 5) is 8.81. The highest BCUT2D eigenvalue weighted by Crippen LogP contribution is 2.21. The highest BCUT2D eigenvalue weighted by Gasteiger charge is 2.10. The molecule has 4 nitrogen and oxygen atoms in total. The zero-order chi connectivity index (χ0) is 11.7. The van der Waals surface area contributed by atoms with E-state index in [0.717, 1.165) is 37.0 Å². The molecule has 0 atom stereocenters. The van der Waals surface area contributed by atoms with Crippen LogP contribution in [0.5, 0.6) is 5.88 Å². The van der Waals surface area contributed by atoms with Crippen molar-refractivity contribution in [2.75, 3.05) is 20.2 Å². The second-order valence-electron chi connectivity index (χ2n) is 4.27. The lowest BCUT2D eigenvalue weighted by Gasteiger charge is -2.07. The molecule has 2 aromatic rings. The minimum Gasteiger partial charge on any atom is -0.480 e. The number of benzene rings is 1. The minimum absolute atomic E-state index is 0.573. The Hall–Kier alpha value is -1.68. The third-order valence-corrected chi connectivity index (χ3v) is 3.19. The molecular formula is C13H15N3O. The smallest absolute Gasteiger partial charge is 0.232 e. The van der Waals surface area contributed by atoms with E-state index in [2.05, 4.69) is 27.4 Å². The van der Waals surface area contributed by atoms with Crippen molar-refractivity contribution in [3.8, 4) is 5.88 Å². The first-order chi connectivity index (χ1) is 8.36. The van der Waals surface area contributed by atoms with Gasteiger partial charge >= 0.3 is 0 Å². The molecule has 1 aliphatic heterocycles. The Kier molecular flexibility index (Phi) is 2.65. The number of rotatable bonds is 1. The molecule has 0 spiro atoms. The van der Waals surface area contributed by atoms with Gasteiger partial charge in [-0.3, -0.25) is 0 Å².